The van der Waals surface area contributed by atoms with Gasteiger partial charge in [-0.1, -0.05) is 0 Å². The molecule has 1 aliphatic heterocycles. The van der Waals surface area contributed by atoms with Gasteiger partial charge >= 0.3 is 5.97 Å². The SMILES string of the molecule is COC(=O)CN1CC(=O)Nc2cc(C#N)ccc21. The Hall–Kier alpha value is -2.55. The third-order valence-corrected chi connectivity index (χ3v) is 2.62. The van der Waals surface area contributed by atoms with E-state index in [1.165, 1.54) is 7.11 Å². The molecular weight excluding hydrogens is 234 g/mol. The first kappa shape index (κ1) is 11.9. The molecule has 0 fully saturated rings. The lowest BCUT2D eigenvalue weighted by Gasteiger charge is -2.29. The van der Waals surface area contributed by atoms with Gasteiger partial charge in [0.15, 0.2) is 0 Å². The molecule has 1 aliphatic rings. The van der Waals surface area contributed by atoms with Crippen LogP contribution in [0, 0.1) is 11.3 Å². The summed E-state index contributed by atoms with van der Waals surface area (Å²) in [6.45, 7) is 0.0941. The van der Waals surface area contributed by atoms with Crippen molar-refractivity contribution in [2.24, 2.45) is 0 Å². The molecular formula is C12H11N3O3. The van der Waals surface area contributed by atoms with Gasteiger partial charge in [0.1, 0.15) is 6.54 Å². The number of carbonyl (C=O) groups excluding carboxylic acids is 2. The molecule has 1 heterocycles. The number of hydrogen-bond donors (Lipinski definition) is 1. The fourth-order valence-electron chi connectivity index (χ4n) is 1.79. The second-order valence-corrected chi connectivity index (χ2v) is 3.82. The Bertz CT molecular complexity index is 548. The normalized spacial score (nSPS) is 13.3. The molecule has 0 aliphatic carbocycles. The minimum absolute atomic E-state index is 0.00280. The van der Waals surface area contributed by atoms with Gasteiger partial charge in [0.25, 0.3) is 0 Å². The molecule has 0 atom stereocenters. The number of amides is 1. The minimum atomic E-state index is -0.417. The van der Waals surface area contributed by atoms with Crippen molar-refractivity contribution >= 4 is 23.3 Å². The van der Waals surface area contributed by atoms with Crippen molar-refractivity contribution in [1.82, 2.24) is 0 Å². The Morgan fingerprint density at radius 1 is 1.61 bits per heavy atom. The lowest BCUT2D eigenvalue weighted by atomic mass is 10.1. The number of benzene rings is 1. The average Bonchev–Trinajstić information content (AvgIpc) is 2.37. The van der Waals surface area contributed by atoms with E-state index >= 15 is 0 Å². The van der Waals surface area contributed by atoms with Crippen LogP contribution in [0.25, 0.3) is 0 Å². The molecule has 0 unspecified atom stereocenters. The lowest BCUT2D eigenvalue weighted by Crippen LogP contribution is -2.41. The summed E-state index contributed by atoms with van der Waals surface area (Å²) in [7, 11) is 1.30. The Kier molecular flexibility index (Phi) is 3.15. The van der Waals surface area contributed by atoms with Crippen LogP contribution in [0.4, 0.5) is 11.4 Å². The molecule has 0 radical (unpaired) electrons. The third-order valence-electron chi connectivity index (χ3n) is 2.62. The highest BCUT2D eigenvalue weighted by atomic mass is 16.5. The molecule has 18 heavy (non-hydrogen) atoms. The highest BCUT2D eigenvalue weighted by molar-refractivity contribution is 6.02. The average molecular weight is 245 g/mol. The maximum atomic E-state index is 11.5. The number of nitrogens with zero attached hydrogens (tertiary/aromatic N) is 2. The number of methoxy groups -OCH3 is 1. The first-order valence-corrected chi connectivity index (χ1v) is 5.30. The predicted octanol–water partition coefficient (Wildman–Crippen LogP) is 0.490. The quantitative estimate of drug-likeness (QED) is 0.767. The Labute approximate surface area is 104 Å². The summed E-state index contributed by atoms with van der Waals surface area (Å²) in [6.07, 6.45) is 0. The van der Waals surface area contributed by atoms with Crippen molar-refractivity contribution in [1.29, 1.82) is 5.26 Å². The van der Waals surface area contributed by atoms with Gasteiger partial charge < -0.3 is 15.0 Å². The number of fused-ring (bicyclic) bond motifs is 1. The van der Waals surface area contributed by atoms with Gasteiger partial charge in [-0.15, -0.1) is 0 Å². The van der Waals surface area contributed by atoms with Crippen molar-refractivity contribution in [3.63, 3.8) is 0 Å². The summed E-state index contributed by atoms with van der Waals surface area (Å²) in [5, 5.41) is 11.5. The number of nitrogens with one attached hydrogen (secondary N) is 1. The molecule has 1 amide bonds. The second-order valence-electron chi connectivity index (χ2n) is 3.82. The van der Waals surface area contributed by atoms with E-state index in [1.807, 2.05) is 6.07 Å². The number of anilines is 2. The highest BCUT2D eigenvalue weighted by Crippen LogP contribution is 2.29. The van der Waals surface area contributed by atoms with E-state index in [1.54, 1.807) is 23.1 Å². The van der Waals surface area contributed by atoms with Gasteiger partial charge in [-0.25, -0.2) is 0 Å². The highest BCUT2D eigenvalue weighted by Gasteiger charge is 2.24. The molecule has 2 rings (SSSR count). The van der Waals surface area contributed by atoms with Gasteiger partial charge in [0, 0.05) is 0 Å². The molecule has 0 aromatic heterocycles. The van der Waals surface area contributed by atoms with Gasteiger partial charge in [-0.05, 0) is 18.2 Å². The van der Waals surface area contributed by atoms with Crippen LogP contribution in [0.15, 0.2) is 18.2 Å². The van der Waals surface area contributed by atoms with Crippen molar-refractivity contribution in [2.45, 2.75) is 0 Å². The summed E-state index contributed by atoms with van der Waals surface area (Å²) in [4.78, 5) is 24.4. The lowest BCUT2D eigenvalue weighted by molar-refractivity contribution is -0.138. The molecule has 0 saturated carbocycles. The first-order chi connectivity index (χ1) is 8.63. The second kappa shape index (κ2) is 4.75. The maximum Gasteiger partial charge on any atom is 0.325 e. The summed E-state index contributed by atoms with van der Waals surface area (Å²) in [6, 6.07) is 6.92. The zero-order valence-electron chi connectivity index (χ0n) is 9.77. The van der Waals surface area contributed by atoms with E-state index in [4.69, 9.17) is 5.26 Å². The van der Waals surface area contributed by atoms with Gasteiger partial charge in [0.2, 0.25) is 5.91 Å². The zero-order chi connectivity index (χ0) is 13.1. The van der Waals surface area contributed by atoms with E-state index in [0.717, 1.165) is 0 Å². The number of carbonyl (C=O) groups is 2. The Morgan fingerprint density at radius 2 is 2.39 bits per heavy atom. The van der Waals surface area contributed by atoms with E-state index in [0.29, 0.717) is 16.9 Å². The number of rotatable bonds is 2. The van der Waals surface area contributed by atoms with Crippen molar-refractivity contribution in [3.05, 3.63) is 23.8 Å². The molecule has 92 valence electrons. The number of nitriles is 1. The summed E-state index contributed by atoms with van der Waals surface area (Å²) in [5.41, 5.74) is 1.70. The summed E-state index contributed by atoms with van der Waals surface area (Å²) < 4.78 is 4.58. The van der Waals surface area contributed by atoms with Crippen LogP contribution in [-0.2, 0) is 14.3 Å². The fraction of sp³-hybridized carbons (Fsp3) is 0.250. The zero-order valence-corrected chi connectivity index (χ0v) is 9.77. The molecule has 6 nitrogen and oxygen atoms in total. The van der Waals surface area contributed by atoms with Crippen LogP contribution in [0.3, 0.4) is 0 Å². The van der Waals surface area contributed by atoms with Crippen LogP contribution in [0.2, 0.25) is 0 Å². The topological polar surface area (TPSA) is 82.4 Å². The standard InChI is InChI=1S/C12H11N3O3/c1-18-12(17)7-15-6-11(16)14-9-4-8(5-13)2-3-10(9)15/h2-4H,6-7H2,1H3,(H,14,16). The smallest absolute Gasteiger partial charge is 0.325 e. The van der Waals surface area contributed by atoms with E-state index in [-0.39, 0.29) is 19.0 Å². The van der Waals surface area contributed by atoms with Crippen LogP contribution in [0.5, 0.6) is 0 Å². The predicted molar refractivity (Wildman–Crippen MR) is 64.0 cm³/mol. The molecule has 1 aromatic carbocycles. The molecule has 1 aromatic rings. The summed E-state index contributed by atoms with van der Waals surface area (Å²) in [5.74, 6) is -0.637. The minimum Gasteiger partial charge on any atom is -0.468 e. The van der Waals surface area contributed by atoms with Crippen molar-refractivity contribution in [2.75, 3.05) is 30.4 Å². The largest absolute Gasteiger partial charge is 0.468 e. The molecule has 1 N–H and O–H groups in total. The molecule has 0 spiro atoms. The maximum absolute atomic E-state index is 11.5. The van der Waals surface area contributed by atoms with Crippen LogP contribution in [0.1, 0.15) is 5.56 Å². The van der Waals surface area contributed by atoms with E-state index < -0.39 is 5.97 Å². The third kappa shape index (κ3) is 2.25. The Balaban J connectivity index is 2.34. The Morgan fingerprint density at radius 3 is 3.06 bits per heavy atom. The van der Waals surface area contributed by atoms with Gasteiger partial charge in [-0.3, -0.25) is 9.59 Å². The van der Waals surface area contributed by atoms with Crippen LogP contribution in [-0.4, -0.2) is 32.1 Å². The fourth-order valence-corrected chi connectivity index (χ4v) is 1.79. The molecule has 6 heteroatoms. The van der Waals surface area contributed by atoms with Crippen molar-refractivity contribution < 1.29 is 14.3 Å². The van der Waals surface area contributed by atoms with Gasteiger partial charge in [0.05, 0.1) is 36.7 Å². The first-order valence-electron chi connectivity index (χ1n) is 5.30. The van der Waals surface area contributed by atoms with E-state index in [2.05, 4.69) is 10.1 Å². The summed E-state index contributed by atoms with van der Waals surface area (Å²) >= 11 is 0. The van der Waals surface area contributed by atoms with Crippen LogP contribution < -0.4 is 10.2 Å². The monoisotopic (exact) mass is 245 g/mol. The van der Waals surface area contributed by atoms with E-state index in [9.17, 15) is 9.59 Å². The van der Waals surface area contributed by atoms with Crippen LogP contribution >= 0.6 is 0 Å². The number of ether oxygens (including phenoxy) is 1. The van der Waals surface area contributed by atoms with Gasteiger partial charge in [-0.2, -0.15) is 5.26 Å². The molecule has 0 saturated heterocycles. The molecule has 0 bridgehead atoms. The number of esters is 1. The number of hydrogen-bond acceptors (Lipinski definition) is 5. The van der Waals surface area contributed by atoms with Crippen molar-refractivity contribution in [3.8, 4) is 6.07 Å².